The fourth-order valence-electron chi connectivity index (χ4n) is 10.5. The second-order valence-corrected chi connectivity index (χ2v) is 18.4. The minimum atomic E-state index is 0.696. The summed E-state index contributed by atoms with van der Waals surface area (Å²) in [5, 5.41) is 2.20. The lowest BCUT2D eigenvalue weighted by molar-refractivity contribution is 0.669. The summed E-state index contributed by atoms with van der Waals surface area (Å²) in [4.78, 5) is 10.2. The average molecular weight is 931 g/mol. The van der Waals surface area contributed by atoms with E-state index in [2.05, 4.69) is 249 Å². The lowest BCUT2D eigenvalue weighted by Gasteiger charge is -2.29. The molecule has 0 unspecified atom stereocenters. The van der Waals surface area contributed by atoms with E-state index in [9.17, 15) is 0 Å². The smallest absolute Gasteiger partial charge is 0.160 e. The number of fused-ring (bicyclic) bond motifs is 3. The van der Waals surface area contributed by atoms with Crippen molar-refractivity contribution in [3.8, 4) is 112 Å². The Morgan fingerprint density at radius 2 is 0.548 bits per heavy atom. The second kappa shape index (κ2) is 18.9. The lowest BCUT2D eigenvalue weighted by Crippen LogP contribution is -2.02. The first-order chi connectivity index (χ1) is 36.2. The standard InChI is InChI=1S/C70H46N2O/c1-7-22-48(23-8-1)60-46-61(72-70(71-60)54-32-17-6-18-33-54)49-40-38-47(39-41-49)55-34-21-35-56(44-55)68-65(51-26-11-3-12-27-51)64(50-24-9-2-10-25-50)66(52-28-13-4-14-29-52)69(67(68)53-30-15-5-16-31-53)57-42-43-59-58-36-19-20-37-62(58)73-63(59)45-57/h1-46H. The van der Waals surface area contributed by atoms with Gasteiger partial charge in [-0.1, -0.05) is 249 Å². The molecule has 342 valence electrons. The lowest BCUT2D eigenvalue weighted by atomic mass is 9.74. The van der Waals surface area contributed by atoms with Gasteiger partial charge < -0.3 is 4.42 Å². The molecule has 2 heterocycles. The molecule has 0 N–H and O–H groups in total. The SMILES string of the molecule is c1ccc(-c2cc(-c3ccc(-c4cccc(-c5c(-c6ccccc6)c(-c6ccccc6)c(-c6ccccc6)c(-c6ccc7c(c6)oc6ccccc67)c5-c5ccccc5)c4)cc3)nc(-c3ccccc3)n2)cc1. The Labute approximate surface area is 425 Å². The van der Waals surface area contributed by atoms with E-state index < -0.39 is 0 Å². The van der Waals surface area contributed by atoms with Gasteiger partial charge in [-0.05, 0) is 108 Å². The van der Waals surface area contributed by atoms with Crippen LogP contribution in [0.4, 0.5) is 0 Å². The first-order valence-corrected chi connectivity index (χ1v) is 24.8. The van der Waals surface area contributed by atoms with Crippen LogP contribution in [-0.4, -0.2) is 9.97 Å². The van der Waals surface area contributed by atoms with Gasteiger partial charge in [0.25, 0.3) is 0 Å². The van der Waals surface area contributed by atoms with Crippen LogP contribution in [0.2, 0.25) is 0 Å². The molecule has 13 rings (SSSR count). The fourth-order valence-corrected chi connectivity index (χ4v) is 10.5. The maximum absolute atomic E-state index is 6.67. The Balaban J connectivity index is 1.07. The highest BCUT2D eigenvalue weighted by Gasteiger charge is 2.29. The molecule has 0 aliphatic carbocycles. The molecule has 0 fully saturated rings. The molecule has 0 spiro atoms. The van der Waals surface area contributed by atoms with Crippen LogP contribution in [-0.2, 0) is 0 Å². The van der Waals surface area contributed by atoms with Gasteiger partial charge in [0.05, 0.1) is 11.4 Å². The van der Waals surface area contributed by atoms with Crippen LogP contribution in [0.3, 0.4) is 0 Å². The Bertz CT molecular complexity index is 4020. The van der Waals surface area contributed by atoms with Crippen molar-refractivity contribution < 1.29 is 4.42 Å². The zero-order valence-corrected chi connectivity index (χ0v) is 39.9. The first-order valence-electron chi connectivity index (χ1n) is 24.8. The van der Waals surface area contributed by atoms with E-state index in [1.807, 2.05) is 30.3 Å². The highest BCUT2D eigenvalue weighted by atomic mass is 16.3. The van der Waals surface area contributed by atoms with Crippen LogP contribution in [0, 0.1) is 0 Å². The maximum Gasteiger partial charge on any atom is 0.160 e. The van der Waals surface area contributed by atoms with Gasteiger partial charge in [0.2, 0.25) is 0 Å². The monoisotopic (exact) mass is 930 g/mol. The zero-order valence-electron chi connectivity index (χ0n) is 39.9. The second-order valence-electron chi connectivity index (χ2n) is 18.4. The number of para-hydroxylation sites is 1. The van der Waals surface area contributed by atoms with Crippen LogP contribution in [0.5, 0.6) is 0 Å². The summed E-state index contributed by atoms with van der Waals surface area (Å²) >= 11 is 0. The van der Waals surface area contributed by atoms with Crippen molar-refractivity contribution in [1.29, 1.82) is 0 Å². The van der Waals surface area contributed by atoms with Crippen molar-refractivity contribution in [2.24, 2.45) is 0 Å². The molecule has 2 aromatic heterocycles. The quantitative estimate of drug-likeness (QED) is 0.137. The van der Waals surface area contributed by atoms with Crippen LogP contribution < -0.4 is 0 Å². The van der Waals surface area contributed by atoms with E-state index in [0.29, 0.717) is 5.82 Å². The van der Waals surface area contributed by atoms with Gasteiger partial charge >= 0.3 is 0 Å². The summed E-state index contributed by atoms with van der Waals surface area (Å²) in [7, 11) is 0. The van der Waals surface area contributed by atoms with Crippen LogP contribution in [0.15, 0.2) is 283 Å². The predicted octanol–water partition coefficient (Wildman–Crippen LogP) is 19.0. The molecule has 0 aliphatic heterocycles. The number of nitrogens with zero attached hydrogens (tertiary/aromatic N) is 2. The summed E-state index contributed by atoms with van der Waals surface area (Å²) in [5.74, 6) is 0.696. The number of hydrogen-bond acceptors (Lipinski definition) is 3. The molecular weight excluding hydrogens is 885 g/mol. The van der Waals surface area contributed by atoms with Crippen molar-refractivity contribution in [2.45, 2.75) is 0 Å². The molecule has 0 bridgehead atoms. The Kier molecular flexibility index (Phi) is 11.2. The van der Waals surface area contributed by atoms with Crippen LogP contribution >= 0.6 is 0 Å². The molecule has 0 aliphatic rings. The van der Waals surface area contributed by atoms with Gasteiger partial charge in [-0.2, -0.15) is 0 Å². The number of rotatable bonds is 10. The van der Waals surface area contributed by atoms with Crippen molar-refractivity contribution in [3.05, 3.63) is 279 Å². The predicted molar refractivity (Wildman–Crippen MR) is 304 cm³/mol. The Morgan fingerprint density at radius 3 is 1.05 bits per heavy atom. The molecule has 13 aromatic rings. The number of hydrogen-bond donors (Lipinski definition) is 0. The third-order valence-electron chi connectivity index (χ3n) is 13.9. The van der Waals surface area contributed by atoms with Gasteiger partial charge in [-0.25, -0.2) is 9.97 Å². The minimum Gasteiger partial charge on any atom is -0.456 e. The molecule has 73 heavy (non-hydrogen) atoms. The molecule has 0 radical (unpaired) electrons. The van der Waals surface area contributed by atoms with E-state index >= 15 is 0 Å². The average Bonchev–Trinajstić information content (AvgIpc) is 3.86. The molecule has 11 aromatic carbocycles. The normalized spacial score (nSPS) is 11.3. The minimum absolute atomic E-state index is 0.696. The largest absolute Gasteiger partial charge is 0.456 e. The van der Waals surface area contributed by atoms with E-state index in [0.717, 1.165) is 128 Å². The van der Waals surface area contributed by atoms with Gasteiger partial charge in [0, 0.05) is 27.5 Å². The molecule has 0 amide bonds. The maximum atomic E-state index is 6.67. The topological polar surface area (TPSA) is 38.9 Å². The summed E-state index contributed by atoms with van der Waals surface area (Å²) in [6.07, 6.45) is 0. The number of aromatic nitrogens is 2. The summed E-state index contributed by atoms with van der Waals surface area (Å²) in [5.41, 5.74) is 22.4. The van der Waals surface area contributed by atoms with Crippen LogP contribution in [0.1, 0.15) is 0 Å². The van der Waals surface area contributed by atoms with Gasteiger partial charge in [0.15, 0.2) is 5.82 Å². The Morgan fingerprint density at radius 1 is 0.205 bits per heavy atom. The zero-order chi connectivity index (χ0) is 48.5. The van der Waals surface area contributed by atoms with Crippen molar-refractivity contribution in [1.82, 2.24) is 9.97 Å². The first kappa shape index (κ1) is 43.3. The number of furan rings is 1. The van der Waals surface area contributed by atoms with E-state index in [1.165, 1.54) is 0 Å². The fraction of sp³-hybridized carbons (Fsp3) is 0. The molecule has 3 nitrogen and oxygen atoms in total. The molecule has 0 saturated heterocycles. The highest BCUT2D eigenvalue weighted by molar-refractivity contribution is 6.16. The molecular formula is C70H46N2O. The van der Waals surface area contributed by atoms with Gasteiger partial charge in [-0.3, -0.25) is 0 Å². The highest BCUT2D eigenvalue weighted by Crippen LogP contribution is 2.56. The molecule has 0 saturated carbocycles. The van der Waals surface area contributed by atoms with Crippen molar-refractivity contribution >= 4 is 21.9 Å². The summed E-state index contributed by atoms with van der Waals surface area (Å²) in [6, 6.07) is 99.4. The summed E-state index contributed by atoms with van der Waals surface area (Å²) < 4.78 is 6.67. The summed E-state index contributed by atoms with van der Waals surface area (Å²) in [6.45, 7) is 0. The number of benzene rings is 11. The van der Waals surface area contributed by atoms with Crippen molar-refractivity contribution in [3.63, 3.8) is 0 Å². The van der Waals surface area contributed by atoms with E-state index in [1.54, 1.807) is 0 Å². The third-order valence-corrected chi connectivity index (χ3v) is 13.9. The molecule has 0 atom stereocenters. The Hall–Kier alpha value is -9.70. The van der Waals surface area contributed by atoms with Crippen molar-refractivity contribution in [2.75, 3.05) is 0 Å². The van der Waals surface area contributed by atoms with E-state index in [4.69, 9.17) is 14.4 Å². The molecule has 3 heteroatoms. The van der Waals surface area contributed by atoms with Crippen LogP contribution in [0.25, 0.3) is 134 Å². The van der Waals surface area contributed by atoms with Gasteiger partial charge in [-0.15, -0.1) is 0 Å². The third kappa shape index (κ3) is 8.19. The van der Waals surface area contributed by atoms with Gasteiger partial charge in [0.1, 0.15) is 11.2 Å². The van der Waals surface area contributed by atoms with E-state index in [-0.39, 0.29) is 0 Å².